The minimum atomic E-state index is -0.0143. The number of aromatic amines is 1. The zero-order chi connectivity index (χ0) is 15.5. The lowest BCUT2D eigenvalue weighted by molar-refractivity contribution is -0.127. The molecule has 0 aliphatic carbocycles. The number of carbonyl (C=O) groups excluding carboxylic acids is 1. The summed E-state index contributed by atoms with van der Waals surface area (Å²) in [5.74, 6) is 0.537. The van der Waals surface area contributed by atoms with Gasteiger partial charge in [-0.1, -0.05) is 13.5 Å². The fourth-order valence-corrected chi connectivity index (χ4v) is 2.75. The summed E-state index contributed by atoms with van der Waals surface area (Å²) >= 11 is 0. The van der Waals surface area contributed by atoms with E-state index in [1.54, 1.807) is 11.1 Å². The summed E-state index contributed by atoms with van der Waals surface area (Å²) in [4.78, 5) is 25.4. The Bertz CT molecular complexity index is 692. The Kier molecular flexibility index (Phi) is 4.09. The average Bonchev–Trinajstić information content (AvgIpc) is 2.97. The van der Waals surface area contributed by atoms with Crippen LogP contribution in [0.25, 0.3) is 11.2 Å². The number of carbonyl (C=O) groups is 1. The highest BCUT2D eigenvalue weighted by atomic mass is 16.5. The third kappa shape index (κ3) is 2.81. The molecule has 3 heterocycles. The van der Waals surface area contributed by atoms with Crippen molar-refractivity contribution in [3.05, 3.63) is 30.6 Å². The number of aromatic nitrogens is 3. The van der Waals surface area contributed by atoms with Crippen molar-refractivity contribution in [2.45, 2.75) is 32.3 Å². The first kappa shape index (κ1) is 14.6. The maximum atomic E-state index is 11.6. The van der Waals surface area contributed by atoms with Crippen LogP contribution < -0.4 is 4.74 Å². The van der Waals surface area contributed by atoms with E-state index in [0.717, 1.165) is 36.0 Å². The molecule has 0 unspecified atom stereocenters. The Morgan fingerprint density at radius 3 is 3.05 bits per heavy atom. The molecule has 3 rings (SSSR count). The standard InChI is InChI=1S/C16H20N4O2.H2/c1-3-11-9-17-16-15(11)19-13(10-18-16)22-12-5-7-20(8-6-12)14(21)4-2;/h4,9-10,12H,2-3,5-8H2,1H3,(H,17,18);1H. The molecule has 0 saturated carbocycles. The predicted molar refractivity (Wildman–Crippen MR) is 85.8 cm³/mol. The smallest absolute Gasteiger partial charge is 0.245 e. The number of nitrogens with one attached hydrogen (secondary N) is 1. The van der Waals surface area contributed by atoms with Crippen molar-refractivity contribution < 1.29 is 11.0 Å². The monoisotopic (exact) mass is 302 g/mol. The predicted octanol–water partition coefficient (Wildman–Crippen LogP) is 2.32. The summed E-state index contributed by atoms with van der Waals surface area (Å²) in [6.07, 6.45) is 7.52. The normalized spacial score (nSPS) is 16.0. The van der Waals surface area contributed by atoms with Crippen LogP contribution in [-0.2, 0) is 11.2 Å². The molecule has 2 aromatic rings. The van der Waals surface area contributed by atoms with Gasteiger partial charge < -0.3 is 14.6 Å². The average molecular weight is 302 g/mol. The molecule has 22 heavy (non-hydrogen) atoms. The maximum Gasteiger partial charge on any atom is 0.245 e. The number of likely N-dealkylation sites (tertiary alicyclic amines) is 1. The van der Waals surface area contributed by atoms with Crippen LogP contribution in [-0.4, -0.2) is 45.0 Å². The number of rotatable bonds is 4. The van der Waals surface area contributed by atoms with E-state index in [0.29, 0.717) is 19.0 Å². The van der Waals surface area contributed by atoms with E-state index in [9.17, 15) is 4.79 Å². The Balaban J connectivity index is 0.00000192. The van der Waals surface area contributed by atoms with Crippen LogP contribution in [0.15, 0.2) is 25.0 Å². The summed E-state index contributed by atoms with van der Waals surface area (Å²) in [7, 11) is 0. The molecule has 1 saturated heterocycles. The molecular weight excluding hydrogens is 280 g/mol. The number of hydrogen-bond donors (Lipinski definition) is 1. The molecule has 1 fully saturated rings. The second-order valence-electron chi connectivity index (χ2n) is 5.42. The van der Waals surface area contributed by atoms with E-state index in [4.69, 9.17) is 4.74 Å². The largest absolute Gasteiger partial charge is 0.473 e. The summed E-state index contributed by atoms with van der Waals surface area (Å²) in [6, 6.07) is 0. The fourth-order valence-electron chi connectivity index (χ4n) is 2.75. The van der Waals surface area contributed by atoms with Crippen molar-refractivity contribution in [2.75, 3.05) is 13.1 Å². The summed E-state index contributed by atoms with van der Waals surface area (Å²) in [6.45, 7) is 6.99. The van der Waals surface area contributed by atoms with Gasteiger partial charge in [-0.2, -0.15) is 0 Å². The minimum Gasteiger partial charge on any atom is -0.473 e. The molecule has 0 bridgehead atoms. The number of fused-ring (bicyclic) bond motifs is 1. The van der Waals surface area contributed by atoms with Crippen LogP contribution in [0.3, 0.4) is 0 Å². The van der Waals surface area contributed by atoms with E-state index in [2.05, 4.69) is 28.5 Å². The Hall–Kier alpha value is -2.37. The number of H-pyrrole nitrogens is 1. The Morgan fingerprint density at radius 1 is 1.59 bits per heavy atom. The first-order chi connectivity index (χ1) is 10.7. The number of hydrogen-bond acceptors (Lipinski definition) is 4. The topological polar surface area (TPSA) is 71.1 Å². The van der Waals surface area contributed by atoms with Gasteiger partial charge in [-0.05, 0) is 18.1 Å². The molecule has 1 aliphatic rings. The molecule has 0 aromatic carbocycles. The molecule has 0 radical (unpaired) electrons. The van der Waals surface area contributed by atoms with Crippen molar-refractivity contribution in [3.8, 4) is 5.88 Å². The maximum absolute atomic E-state index is 11.6. The lowest BCUT2D eigenvalue weighted by Gasteiger charge is -2.31. The lowest BCUT2D eigenvalue weighted by Crippen LogP contribution is -2.41. The summed E-state index contributed by atoms with van der Waals surface area (Å²) < 4.78 is 5.94. The van der Waals surface area contributed by atoms with Crippen LogP contribution in [0.5, 0.6) is 5.88 Å². The van der Waals surface area contributed by atoms with Crippen LogP contribution >= 0.6 is 0 Å². The highest BCUT2D eigenvalue weighted by Gasteiger charge is 2.23. The molecule has 1 amide bonds. The van der Waals surface area contributed by atoms with Crippen LogP contribution in [0.2, 0.25) is 0 Å². The number of aryl methyl sites for hydroxylation is 1. The highest BCUT2D eigenvalue weighted by molar-refractivity contribution is 5.87. The van der Waals surface area contributed by atoms with Crippen molar-refractivity contribution in [3.63, 3.8) is 0 Å². The van der Waals surface area contributed by atoms with Crippen molar-refractivity contribution in [2.24, 2.45) is 0 Å². The van der Waals surface area contributed by atoms with E-state index in [1.165, 1.54) is 6.08 Å². The van der Waals surface area contributed by atoms with Gasteiger partial charge >= 0.3 is 0 Å². The van der Waals surface area contributed by atoms with Gasteiger partial charge in [0.1, 0.15) is 11.6 Å². The molecule has 0 atom stereocenters. The van der Waals surface area contributed by atoms with Crippen molar-refractivity contribution in [1.29, 1.82) is 0 Å². The number of ether oxygens (including phenoxy) is 1. The first-order valence-electron chi connectivity index (χ1n) is 7.62. The third-order valence-electron chi connectivity index (χ3n) is 4.03. The van der Waals surface area contributed by atoms with Gasteiger partial charge in [0, 0.05) is 33.6 Å². The van der Waals surface area contributed by atoms with Gasteiger partial charge in [0.25, 0.3) is 0 Å². The van der Waals surface area contributed by atoms with Gasteiger partial charge in [-0.15, -0.1) is 0 Å². The molecule has 6 heteroatoms. The summed E-state index contributed by atoms with van der Waals surface area (Å²) in [5.41, 5.74) is 2.80. The van der Waals surface area contributed by atoms with Crippen LogP contribution in [0, 0.1) is 0 Å². The zero-order valence-electron chi connectivity index (χ0n) is 12.7. The first-order valence-corrected chi connectivity index (χ1v) is 7.62. The second kappa shape index (κ2) is 6.17. The quantitative estimate of drug-likeness (QED) is 0.880. The van der Waals surface area contributed by atoms with E-state index in [-0.39, 0.29) is 13.4 Å². The molecule has 2 aromatic heterocycles. The van der Waals surface area contributed by atoms with E-state index < -0.39 is 0 Å². The third-order valence-corrected chi connectivity index (χ3v) is 4.03. The van der Waals surface area contributed by atoms with Gasteiger partial charge in [-0.25, -0.2) is 9.97 Å². The molecule has 6 nitrogen and oxygen atoms in total. The van der Waals surface area contributed by atoms with E-state index in [1.807, 2.05) is 6.20 Å². The van der Waals surface area contributed by atoms with Gasteiger partial charge in [0.05, 0.1) is 6.20 Å². The molecule has 1 N–H and O–H groups in total. The minimum absolute atomic E-state index is 0. The van der Waals surface area contributed by atoms with Gasteiger partial charge in [0.2, 0.25) is 11.8 Å². The molecule has 1 aliphatic heterocycles. The van der Waals surface area contributed by atoms with Crippen LogP contribution in [0.1, 0.15) is 26.8 Å². The Morgan fingerprint density at radius 2 is 2.36 bits per heavy atom. The van der Waals surface area contributed by atoms with E-state index >= 15 is 0 Å². The summed E-state index contributed by atoms with van der Waals surface area (Å²) in [5, 5.41) is 0. The number of nitrogens with zero attached hydrogens (tertiary/aromatic N) is 3. The SMILES string of the molecule is C=CC(=O)N1CCC(Oc2cnc3[nH]cc(CC)c3n2)CC1.[HH]. The fraction of sp³-hybridized carbons (Fsp3) is 0.438. The van der Waals surface area contributed by atoms with Crippen molar-refractivity contribution in [1.82, 2.24) is 19.9 Å². The molecule has 118 valence electrons. The van der Waals surface area contributed by atoms with Crippen LogP contribution in [0.4, 0.5) is 0 Å². The number of piperidine rings is 1. The second-order valence-corrected chi connectivity index (χ2v) is 5.42. The zero-order valence-corrected chi connectivity index (χ0v) is 12.7. The highest BCUT2D eigenvalue weighted by Crippen LogP contribution is 2.21. The van der Waals surface area contributed by atoms with Gasteiger partial charge in [-0.3, -0.25) is 4.79 Å². The molecule has 0 spiro atoms. The lowest BCUT2D eigenvalue weighted by atomic mass is 10.1. The number of amides is 1. The Labute approximate surface area is 130 Å². The van der Waals surface area contributed by atoms with Gasteiger partial charge in [0.15, 0.2) is 5.65 Å². The van der Waals surface area contributed by atoms with Crippen molar-refractivity contribution >= 4 is 17.1 Å². The molecular formula is C16H22N4O2.